The highest BCUT2D eigenvalue weighted by atomic mass is 32.2. The second-order valence-corrected chi connectivity index (χ2v) is 10.5. The third-order valence-corrected chi connectivity index (χ3v) is 8.25. The molecule has 5 rings (SSSR count). The predicted molar refractivity (Wildman–Crippen MR) is 142 cm³/mol. The maximum atomic E-state index is 13.7. The van der Waals surface area contributed by atoms with Gasteiger partial charge in [-0.25, -0.2) is 9.97 Å². The van der Waals surface area contributed by atoms with Crippen molar-refractivity contribution < 1.29 is 9.53 Å². The number of benzene rings is 1. The fourth-order valence-corrected chi connectivity index (χ4v) is 6.36. The summed E-state index contributed by atoms with van der Waals surface area (Å²) < 4.78 is 8.06. The van der Waals surface area contributed by atoms with E-state index in [1.807, 2.05) is 48.2 Å². The van der Waals surface area contributed by atoms with Gasteiger partial charge in [-0.15, -0.1) is 11.3 Å². The highest BCUT2D eigenvalue weighted by Gasteiger charge is 2.21. The number of rotatable bonds is 7. The van der Waals surface area contributed by atoms with Gasteiger partial charge in [0.1, 0.15) is 15.3 Å². The number of amides is 1. The molecule has 0 N–H and O–H groups in total. The van der Waals surface area contributed by atoms with E-state index in [1.54, 1.807) is 10.8 Å². The zero-order chi connectivity index (χ0) is 24.2. The molecule has 0 aliphatic carbocycles. The van der Waals surface area contributed by atoms with Crippen LogP contribution in [-0.4, -0.2) is 50.8 Å². The number of pyridine rings is 1. The first-order chi connectivity index (χ1) is 17.2. The third kappa shape index (κ3) is 5.06. The first kappa shape index (κ1) is 23.8. The molecule has 182 valence electrons. The van der Waals surface area contributed by atoms with Crippen LogP contribution in [0.5, 0.6) is 5.75 Å². The lowest BCUT2D eigenvalue weighted by atomic mass is 10.2. The van der Waals surface area contributed by atoms with E-state index < -0.39 is 0 Å². The molecule has 0 unspecified atom stereocenters. The van der Waals surface area contributed by atoms with Crippen LogP contribution in [0.3, 0.4) is 0 Å². The average Bonchev–Trinajstić information content (AvgIpc) is 3.04. The average molecular weight is 509 g/mol. The second-order valence-electron chi connectivity index (χ2n) is 8.55. The molecule has 9 heteroatoms. The zero-order valence-electron chi connectivity index (χ0n) is 19.7. The van der Waals surface area contributed by atoms with Gasteiger partial charge in [0.05, 0.1) is 24.4 Å². The Balaban J connectivity index is 1.54. The van der Waals surface area contributed by atoms with Crippen LogP contribution in [0.25, 0.3) is 20.4 Å². The number of thiophene rings is 1. The van der Waals surface area contributed by atoms with Crippen molar-refractivity contribution >= 4 is 49.4 Å². The van der Waals surface area contributed by atoms with E-state index in [0.29, 0.717) is 28.5 Å². The molecule has 7 nitrogen and oxygen atoms in total. The summed E-state index contributed by atoms with van der Waals surface area (Å²) in [4.78, 5) is 38.8. The van der Waals surface area contributed by atoms with Crippen LogP contribution in [-0.2, 0) is 11.3 Å². The van der Waals surface area contributed by atoms with E-state index in [2.05, 4.69) is 4.98 Å². The maximum absolute atomic E-state index is 13.7. The number of para-hydroxylation sites is 1. The normalized spacial score (nSPS) is 14.4. The topological polar surface area (TPSA) is 77.3 Å². The monoisotopic (exact) mass is 508 g/mol. The third-order valence-electron chi connectivity index (χ3n) is 6.20. The molecule has 0 bridgehead atoms. The van der Waals surface area contributed by atoms with E-state index in [4.69, 9.17) is 9.72 Å². The standard InChI is InChI=1S/C26H28N4O3S2/c1-2-33-20-12-6-5-10-18(20)16-30-25(32)23-22(19-11-9-13-27-24(19)35-23)28-26(30)34-17-21(31)29-14-7-3-4-8-15-29/h5-6,9-13H,2-4,7-8,14-17H2,1H3. The highest BCUT2D eigenvalue weighted by molar-refractivity contribution is 7.99. The summed E-state index contributed by atoms with van der Waals surface area (Å²) >= 11 is 2.70. The highest BCUT2D eigenvalue weighted by Crippen LogP contribution is 2.31. The van der Waals surface area contributed by atoms with Crippen molar-refractivity contribution in [2.75, 3.05) is 25.4 Å². The summed E-state index contributed by atoms with van der Waals surface area (Å²) in [7, 11) is 0. The Morgan fingerprint density at radius 3 is 2.71 bits per heavy atom. The molecule has 4 aromatic rings. The van der Waals surface area contributed by atoms with E-state index in [9.17, 15) is 9.59 Å². The van der Waals surface area contributed by atoms with Gasteiger partial charge in [-0.3, -0.25) is 14.2 Å². The number of fused-ring (bicyclic) bond motifs is 3. The van der Waals surface area contributed by atoms with Crippen LogP contribution < -0.4 is 10.3 Å². The number of nitrogens with zero attached hydrogens (tertiary/aromatic N) is 4. The number of hydrogen-bond acceptors (Lipinski definition) is 7. The molecule has 0 atom stereocenters. The number of aromatic nitrogens is 3. The van der Waals surface area contributed by atoms with Crippen molar-refractivity contribution in [2.24, 2.45) is 0 Å². The molecular formula is C26H28N4O3S2. The molecule has 0 saturated carbocycles. The van der Waals surface area contributed by atoms with Crippen LogP contribution >= 0.6 is 23.1 Å². The zero-order valence-corrected chi connectivity index (χ0v) is 21.4. The Hall–Kier alpha value is -2.91. The maximum Gasteiger partial charge on any atom is 0.272 e. The summed E-state index contributed by atoms with van der Waals surface area (Å²) in [6.45, 7) is 4.41. The predicted octanol–water partition coefficient (Wildman–Crippen LogP) is 4.95. The summed E-state index contributed by atoms with van der Waals surface area (Å²) in [5, 5.41) is 1.41. The first-order valence-corrected chi connectivity index (χ1v) is 13.8. The summed E-state index contributed by atoms with van der Waals surface area (Å²) in [6, 6.07) is 11.5. The van der Waals surface area contributed by atoms with Crippen molar-refractivity contribution in [1.29, 1.82) is 0 Å². The van der Waals surface area contributed by atoms with Crippen LogP contribution in [0.2, 0.25) is 0 Å². The number of hydrogen-bond donors (Lipinski definition) is 0. The van der Waals surface area contributed by atoms with Gasteiger partial charge in [0.2, 0.25) is 5.91 Å². The molecule has 3 aromatic heterocycles. The van der Waals surface area contributed by atoms with Crippen LogP contribution in [0.15, 0.2) is 52.5 Å². The summed E-state index contributed by atoms with van der Waals surface area (Å²) in [5.74, 6) is 1.10. The largest absolute Gasteiger partial charge is 0.494 e. The van der Waals surface area contributed by atoms with E-state index in [-0.39, 0.29) is 17.2 Å². The molecule has 1 aliphatic rings. The van der Waals surface area contributed by atoms with Crippen molar-refractivity contribution in [3.05, 3.63) is 58.5 Å². The molecule has 1 saturated heterocycles. The van der Waals surface area contributed by atoms with Gasteiger partial charge in [0.25, 0.3) is 5.56 Å². The van der Waals surface area contributed by atoms with Crippen LogP contribution in [0, 0.1) is 0 Å². The van der Waals surface area contributed by atoms with Crippen molar-refractivity contribution in [2.45, 2.75) is 44.3 Å². The van der Waals surface area contributed by atoms with Crippen molar-refractivity contribution in [1.82, 2.24) is 19.4 Å². The molecule has 0 radical (unpaired) electrons. The fraction of sp³-hybridized carbons (Fsp3) is 0.385. The quantitative estimate of drug-likeness (QED) is 0.260. The number of thioether (sulfide) groups is 1. The van der Waals surface area contributed by atoms with E-state index >= 15 is 0 Å². The van der Waals surface area contributed by atoms with Gasteiger partial charge in [-0.2, -0.15) is 0 Å². The number of carbonyl (C=O) groups is 1. The van der Waals surface area contributed by atoms with Crippen LogP contribution in [0.1, 0.15) is 38.2 Å². The smallest absolute Gasteiger partial charge is 0.272 e. The summed E-state index contributed by atoms with van der Waals surface area (Å²) in [5.41, 5.74) is 1.44. The Morgan fingerprint density at radius 2 is 1.91 bits per heavy atom. The minimum absolute atomic E-state index is 0.101. The van der Waals surface area contributed by atoms with Crippen molar-refractivity contribution in [3.8, 4) is 5.75 Å². The van der Waals surface area contributed by atoms with Gasteiger partial charge in [-0.05, 0) is 38.0 Å². The number of likely N-dealkylation sites (tertiary alicyclic amines) is 1. The molecule has 35 heavy (non-hydrogen) atoms. The Bertz CT molecular complexity index is 1410. The van der Waals surface area contributed by atoms with Gasteiger partial charge < -0.3 is 9.64 Å². The minimum Gasteiger partial charge on any atom is -0.494 e. The lowest BCUT2D eigenvalue weighted by Gasteiger charge is -2.20. The molecule has 1 amide bonds. The molecule has 0 spiro atoms. The lowest BCUT2D eigenvalue weighted by molar-refractivity contribution is -0.128. The van der Waals surface area contributed by atoms with Gasteiger partial charge in [0, 0.05) is 30.2 Å². The van der Waals surface area contributed by atoms with E-state index in [1.165, 1.54) is 35.9 Å². The number of ether oxygens (including phenoxy) is 1. The van der Waals surface area contributed by atoms with Crippen molar-refractivity contribution in [3.63, 3.8) is 0 Å². The lowest BCUT2D eigenvalue weighted by Crippen LogP contribution is -2.33. The summed E-state index contributed by atoms with van der Waals surface area (Å²) in [6.07, 6.45) is 6.17. The molecule has 1 fully saturated rings. The molecule has 1 aliphatic heterocycles. The molecule has 4 heterocycles. The van der Waals surface area contributed by atoms with E-state index in [0.717, 1.165) is 47.5 Å². The Morgan fingerprint density at radius 1 is 1.11 bits per heavy atom. The first-order valence-electron chi connectivity index (χ1n) is 12.0. The second kappa shape index (κ2) is 10.8. The Kier molecular flexibility index (Phi) is 7.34. The Labute approximate surface area is 212 Å². The van der Waals surface area contributed by atoms with Gasteiger partial charge in [0.15, 0.2) is 5.16 Å². The SMILES string of the molecule is CCOc1ccccc1Cn1c(SCC(=O)N2CCCCCC2)nc2c(sc3ncccc32)c1=O. The van der Waals surface area contributed by atoms with Gasteiger partial charge in [-0.1, -0.05) is 42.8 Å². The molecule has 1 aromatic carbocycles. The number of carbonyl (C=O) groups excluding carboxylic acids is 1. The van der Waals surface area contributed by atoms with Crippen LogP contribution in [0.4, 0.5) is 0 Å². The molecular weight excluding hydrogens is 480 g/mol. The van der Waals surface area contributed by atoms with Gasteiger partial charge >= 0.3 is 0 Å². The fourth-order valence-electron chi connectivity index (χ4n) is 4.43. The minimum atomic E-state index is -0.117.